The summed E-state index contributed by atoms with van der Waals surface area (Å²) in [6.45, 7) is 5.97. The second-order valence-corrected chi connectivity index (χ2v) is 7.36. The number of fused-ring (bicyclic) bond motifs is 1. The number of hydrogen-bond donors (Lipinski definition) is 2. The second-order valence-electron chi connectivity index (χ2n) is 7.36. The first-order chi connectivity index (χ1) is 13.3. The first-order valence-corrected chi connectivity index (χ1v) is 10.3. The van der Waals surface area contributed by atoms with Crippen molar-refractivity contribution in [2.45, 2.75) is 38.5 Å². The number of anilines is 1. The van der Waals surface area contributed by atoms with Crippen LogP contribution in [0.4, 0.5) is 5.69 Å². The molecular weight excluding hydrogens is 465 g/mol. The lowest BCUT2D eigenvalue weighted by molar-refractivity contribution is -0.118. The van der Waals surface area contributed by atoms with Crippen molar-refractivity contribution in [2.24, 2.45) is 4.99 Å². The van der Waals surface area contributed by atoms with Gasteiger partial charge in [0.05, 0.1) is 0 Å². The molecule has 2 heterocycles. The Kier molecular flexibility index (Phi) is 10.0. The van der Waals surface area contributed by atoms with Crippen LogP contribution in [0.25, 0.3) is 0 Å². The molecule has 0 saturated carbocycles. The highest BCUT2D eigenvalue weighted by molar-refractivity contribution is 14.0. The molecule has 0 aliphatic carbocycles. The average molecular weight is 499 g/mol. The van der Waals surface area contributed by atoms with Crippen molar-refractivity contribution in [1.29, 1.82) is 0 Å². The molecule has 1 aromatic rings. The van der Waals surface area contributed by atoms with Gasteiger partial charge in [0, 0.05) is 45.3 Å². The summed E-state index contributed by atoms with van der Waals surface area (Å²) in [4.78, 5) is 21.2. The number of benzene rings is 1. The van der Waals surface area contributed by atoms with Crippen LogP contribution >= 0.6 is 24.0 Å². The summed E-state index contributed by atoms with van der Waals surface area (Å²) in [6.07, 6.45) is 6.35. The lowest BCUT2D eigenvalue weighted by atomic mass is 10.1. The van der Waals surface area contributed by atoms with E-state index >= 15 is 0 Å². The molecule has 0 radical (unpaired) electrons. The maximum Gasteiger partial charge on any atom is 0.227 e. The van der Waals surface area contributed by atoms with Crippen molar-refractivity contribution in [3.63, 3.8) is 0 Å². The number of halogens is 1. The van der Waals surface area contributed by atoms with Crippen molar-refractivity contribution in [3.8, 4) is 0 Å². The fourth-order valence-electron chi connectivity index (χ4n) is 3.91. The van der Waals surface area contributed by atoms with Gasteiger partial charge in [-0.05, 0) is 50.4 Å². The summed E-state index contributed by atoms with van der Waals surface area (Å²) in [5, 5.41) is 6.70. The predicted octanol–water partition coefficient (Wildman–Crippen LogP) is 2.62. The van der Waals surface area contributed by atoms with Gasteiger partial charge in [0.15, 0.2) is 5.96 Å². The number of rotatable bonds is 7. The van der Waals surface area contributed by atoms with Gasteiger partial charge in [0.2, 0.25) is 5.91 Å². The SMILES string of the molecule is CN=C(NCCCC(=O)N1CCc2ccccc21)NCCN1CCCCC1.I. The number of amides is 1. The molecule has 1 fully saturated rings. The second kappa shape index (κ2) is 12.3. The van der Waals surface area contributed by atoms with Crippen LogP contribution in [0.5, 0.6) is 0 Å². The Morgan fingerprint density at radius 1 is 1.07 bits per heavy atom. The first kappa shape index (κ1) is 22.9. The van der Waals surface area contributed by atoms with E-state index in [1.54, 1.807) is 7.05 Å². The van der Waals surface area contributed by atoms with Crippen LogP contribution in [0, 0.1) is 0 Å². The Labute approximate surface area is 186 Å². The van der Waals surface area contributed by atoms with Gasteiger partial charge in [0.1, 0.15) is 0 Å². The van der Waals surface area contributed by atoms with Crippen LogP contribution < -0.4 is 15.5 Å². The fraction of sp³-hybridized carbons (Fsp3) is 0.619. The first-order valence-electron chi connectivity index (χ1n) is 10.3. The minimum absolute atomic E-state index is 0. The number of likely N-dealkylation sites (tertiary alicyclic amines) is 1. The van der Waals surface area contributed by atoms with Crippen molar-refractivity contribution in [1.82, 2.24) is 15.5 Å². The maximum atomic E-state index is 12.5. The molecule has 7 heteroatoms. The molecule has 6 nitrogen and oxygen atoms in total. The van der Waals surface area contributed by atoms with Gasteiger partial charge >= 0.3 is 0 Å². The third-order valence-corrected chi connectivity index (χ3v) is 5.44. The van der Waals surface area contributed by atoms with E-state index in [0.717, 1.165) is 50.7 Å². The molecule has 1 amide bonds. The molecule has 2 aliphatic heterocycles. The number of carbonyl (C=O) groups excluding carboxylic acids is 1. The molecule has 2 aliphatic rings. The van der Waals surface area contributed by atoms with E-state index in [2.05, 4.69) is 26.6 Å². The minimum Gasteiger partial charge on any atom is -0.356 e. The minimum atomic E-state index is 0. The monoisotopic (exact) mass is 499 g/mol. The van der Waals surface area contributed by atoms with Gasteiger partial charge < -0.3 is 20.4 Å². The zero-order valence-corrected chi connectivity index (χ0v) is 19.3. The molecule has 156 valence electrons. The highest BCUT2D eigenvalue weighted by Crippen LogP contribution is 2.27. The molecule has 0 bridgehead atoms. The van der Waals surface area contributed by atoms with Gasteiger partial charge in [-0.15, -0.1) is 24.0 Å². The van der Waals surface area contributed by atoms with E-state index in [9.17, 15) is 4.79 Å². The third kappa shape index (κ3) is 6.62. The zero-order chi connectivity index (χ0) is 18.9. The Balaban J connectivity index is 0.00000280. The lowest BCUT2D eigenvalue weighted by Gasteiger charge is -2.26. The van der Waals surface area contributed by atoms with E-state index in [4.69, 9.17) is 0 Å². The van der Waals surface area contributed by atoms with Gasteiger partial charge in [-0.1, -0.05) is 24.6 Å². The predicted molar refractivity (Wildman–Crippen MR) is 127 cm³/mol. The summed E-state index contributed by atoms with van der Waals surface area (Å²) in [5.74, 6) is 1.04. The smallest absolute Gasteiger partial charge is 0.227 e. The van der Waals surface area contributed by atoms with Crippen LogP contribution in [0.1, 0.15) is 37.7 Å². The lowest BCUT2D eigenvalue weighted by Crippen LogP contribution is -2.43. The molecule has 2 N–H and O–H groups in total. The summed E-state index contributed by atoms with van der Waals surface area (Å²) in [6, 6.07) is 8.21. The number of para-hydroxylation sites is 1. The third-order valence-electron chi connectivity index (χ3n) is 5.44. The van der Waals surface area contributed by atoms with E-state index in [1.807, 2.05) is 23.1 Å². The van der Waals surface area contributed by atoms with E-state index in [0.29, 0.717) is 6.42 Å². The average Bonchev–Trinajstić information content (AvgIpc) is 3.14. The number of piperidine rings is 1. The number of carbonyl (C=O) groups is 1. The molecule has 3 rings (SSSR count). The van der Waals surface area contributed by atoms with E-state index < -0.39 is 0 Å². The van der Waals surface area contributed by atoms with Crippen LogP contribution in [-0.2, 0) is 11.2 Å². The van der Waals surface area contributed by atoms with Gasteiger partial charge in [0.25, 0.3) is 0 Å². The quantitative estimate of drug-likeness (QED) is 0.262. The van der Waals surface area contributed by atoms with Gasteiger partial charge in [-0.25, -0.2) is 0 Å². The van der Waals surface area contributed by atoms with Crippen molar-refractivity contribution in [2.75, 3.05) is 51.2 Å². The summed E-state index contributed by atoms with van der Waals surface area (Å²) in [5.41, 5.74) is 2.37. The number of nitrogens with one attached hydrogen (secondary N) is 2. The molecule has 0 unspecified atom stereocenters. The summed E-state index contributed by atoms with van der Waals surface area (Å²) >= 11 is 0. The van der Waals surface area contributed by atoms with Crippen molar-refractivity contribution in [3.05, 3.63) is 29.8 Å². The van der Waals surface area contributed by atoms with Crippen LogP contribution in [0.2, 0.25) is 0 Å². The van der Waals surface area contributed by atoms with E-state index in [-0.39, 0.29) is 29.9 Å². The number of hydrogen-bond acceptors (Lipinski definition) is 3. The number of aliphatic imine (C=N–C) groups is 1. The van der Waals surface area contributed by atoms with Crippen LogP contribution in [-0.4, -0.2) is 63.1 Å². The zero-order valence-electron chi connectivity index (χ0n) is 17.0. The van der Waals surface area contributed by atoms with Gasteiger partial charge in [-0.2, -0.15) is 0 Å². The molecule has 1 saturated heterocycles. The Morgan fingerprint density at radius 2 is 1.82 bits per heavy atom. The molecule has 1 aromatic carbocycles. The Morgan fingerprint density at radius 3 is 2.61 bits per heavy atom. The Bertz CT molecular complexity index is 645. The molecule has 0 spiro atoms. The summed E-state index contributed by atoms with van der Waals surface area (Å²) < 4.78 is 0. The van der Waals surface area contributed by atoms with Crippen LogP contribution in [0.3, 0.4) is 0 Å². The fourth-order valence-corrected chi connectivity index (χ4v) is 3.91. The summed E-state index contributed by atoms with van der Waals surface area (Å²) in [7, 11) is 1.79. The van der Waals surface area contributed by atoms with Gasteiger partial charge in [-0.3, -0.25) is 9.79 Å². The molecule has 0 atom stereocenters. The topological polar surface area (TPSA) is 60.0 Å². The molecular formula is C21H34IN5O. The highest BCUT2D eigenvalue weighted by Gasteiger charge is 2.23. The molecule has 0 aromatic heterocycles. The Hall–Kier alpha value is -1.35. The number of guanidine groups is 1. The maximum absolute atomic E-state index is 12.5. The normalized spacial score (nSPS) is 17.0. The molecule has 28 heavy (non-hydrogen) atoms. The highest BCUT2D eigenvalue weighted by atomic mass is 127. The number of nitrogens with zero attached hydrogens (tertiary/aromatic N) is 3. The standard InChI is InChI=1S/C21H33N5O.HI/c1-22-21(24-13-17-25-14-5-2-6-15-25)23-12-7-10-20(27)26-16-11-18-8-3-4-9-19(18)26;/h3-4,8-9H,2,5-7,10-17H2,1H3,(H2,22,23,24);1H. The van der Waals surface area contributed by atoms with E-state index in [1.165, 1.54) is 37.9 Å². The van der Waals surface area contributed by atoms with Crippen LogP contribution in [0.15, 0.2) is 29.3 Å². The largest absolute Gasteiger partial charge is 0.356 e. The van der Waals surface area contributed by atoms with Crippen molar-refractivity contribution >= 4 is 41.5 Å². The van der Waals surface area contributed by atoms with Crippen molar-refractivity contribution < 1.29 is 4.79 Å².